The Labute approximate surface area is 191 Å². The Kier molecular flexibility index (Phi) is 5.89. The van der Waals surface area contributed by atoms with Crippen molar-refractivity contribution in [3.63, 3.8) is 0 Å². The van der Waals surface area contributed by atoms with Gasteiger partial charge in [0.25, 0.3) is 5.91 Å². The van der Waals surface area contributed by atoms with Gasteiger partial charge in [0.2, 0.25) is 12.7 Å². The van der Waals surface area contributed by atoms with Gasteiger partial charge in [-0.2, -0.15) is 0 Å². The molecule has 1 N–H and O–H groups in total. The molecule has 1 saturated heterocycles. The highest BCUT2D eigenvalue weighted by molar-refractivity contribution is 5.95. The Hall–Kier alpha value is -3.94. The predicted octanol–water partition coefficient (Wildman–Crippen LogP) is 3.04. The van der Waals surface area contributed by atoms with Crippen LogP contribution in [0.15, 0.2) is 61.2 Å². The number of carbonyl (C=O) groups excluding carboxylic acids is 2. The van der Waals surface area contributed by atoms with Gasteiger partial charge in [0, 0.05) is 49.1 Å². The van der Waals surface area contributed by atoms with Crippen molar-refractivity contribution < 1.29 is 19.1 Å². The smallest absolute Gasteiger partial charge is 0.253 e. The van der Waals surface area contributed by atoms with Crippen LogP contribution < -0.4 is 14.8 Å². The van der Waals surface area contributed by atoms with Crippen LogP contribution in [0, 0.1) is 5.92 Å². The summed E-state index contributed by atoms with van der Waals surface area (Å²) in [6.45, 7) is 1.80. The van der Waals surface area contributed by atoms with Gasteiger partial charge in [-0.15, -0.1) is 0 Å². The third-order valence-corrected chi connectivity index (χ3v) is 6.08. The maximum absolute atomic E-state index is 12.9. The maximum atomic E-state index is 12.9. The number of hydrogen-bond acceptors (Lipinski definition) is 6. The molecule has 0 atom stereocenters. The van der Waals surface area contributed by atoms with Crippen LogP contribution in [0.4, 0.5) is 0 Å². The van der Waals surface area contributed by atoms with Crippen molar-refractivity contribution in [2.45, 2.75) is 19.4 Å². The molecule has 1 fully saturated rings. The van der Waals surface area contributed by atoms with Gasteiger partial charge < -0.3 is 19.7 Å². The molecule has 33 heavy (non-hydrogen) atoms. The van der Waals surface area contributed by atoms with E-state index >= 15 is 0 Å². The molecule has 0 saturated carbocycles. The second-order valence-electron chi connectivity index (χ2n) is 8.18. The molecule has 2 amide bonds. The number of rotatable bonds is 5. The number of piperidine rings is 1. The van der Waals surface area contributed by atoms with E-state index in [-0.39, 0.29) is 24.5 Å². The number of amides is 2. The number of nitrogens with one attached hydrogen (secondary N) is 1. The fraction of sp³-hybridized carbons (Fsp3) is 0.280. The molecule has 1 aromatic heterocycles. The number of hydrogen-bond donors (Lipinski definition) is 1. The summed E-state index contributed by atoms with van der Waals surface area (Å²) >= 11 is 0. The molecule has 0 radical (unpaired) electrons. The number of nitrogens with zero attached hydrogens (tertiary/aromatic N) is 3. The van der Waals surface area contributed by atoms with Gasteiger partial charge in [-0.05, 0) is 48.2 Å². The van der Waals surface area contributed by atoms with Gasteiger partial charge in [0.05, 0.1) is 0 Å². The molecular weight excluding hydrogens is 420 g/mol. The summed E-state index contributed by atoms with van der Waals surface area (Å²) in [6.07, 6.45) is 6.28. The fourth-order valence-corrected chi connectivity index (χ4v) is 4.17. The summed E-state index contributed by atoms with van der Waals surface area (Å²) in [7, 11) is 0. The Bertz CT molecular complexity index is 1140. The number of carbonyl (C=O) groups is 2. The lowest BCUT2D eigenvalue weighted by atomic mass is 9.95. The van der Waals surface area contributed by atoms with Gasteiger partial charge in [0.1, 0.15) is 6.33 Å². The molecule has 0 bridgehead atoms. The Morgan fingerprint density at radius 1 is 0.939 bits per heavy atom. The minimum Gasteiger partial charge on any atom is -0.454 e. The quantitative estimate of drug-likeness (QED) is 0.650. The van der Waals surface area contributed by atoms with Crippen LogP contribution in [0.1, 0.15) is 28.8 Å². The summed E-state index contributed by atoms with van der Waals surface area (Å²) in [5.41, 5.74) is 3.47. The predicted molar refractivity (Wildman–Crippen MR) is 121 cm³/mol. The Morgan fingerprint density at radius 2 is 1.67 bits per heavy atom. The summed E-state index contributed by atoms with van der Waals surface area (Å²) in [4.78, 5) is 35.4. The van der Waals surface area contributed by atoms with Gasteiger partial charge in [-0.3, -0.25) is 9.59 Å². The largest absolute Gasteiger partial charge is 0.454 e. The molecule has 0 aliphatic carbocycles. The summed E-state index contributed by atoms with van der Waals surface area (Å²) in [5, 5.41) is 3.01. The zero-order valence-electron chi connectivity index (χ0n) is 18.1. The summed E-state index contributed by atoms with van der Waals surface area (Å²) in [5.74, 6) is 1.35. The molecule has 168 valence electrons. The molecule has 0 spiro atoms. The first kappa shape index (κ1) is 20.9. The third kappa shape index (κ3) is 4.64. The molecule has 2 aromatic carbocycles. The maximum Gasteiger partial charge on any atom is 0.253 e. The number of ether oxygens (including phenoxy) is 2. The van der Waals surface area contributed by atoms with E-state index in [1.54, 1.807) is 12.4 Å². The van der Waals surface area contributed by atoms with Gasteiger partial charge in [0.15, 0.2) is 11.5 Å². The van der Waals surface area contributed by atoms with E-state index in [0.29, 0.717) is 43.8 Å². The molecule has 0 unspecified atom stereocenters. The second-order valence-corrected chi connectivity index (χ2v) is 8.18. The normalized spacial score (nSPS) is 15.3. The highest BCUT2D eigenvalue weighted by Crippen LogP contribution is 2.32. The van der Waals surface area contributed by atoms with Crippen molar-refractivity contribution in [1.29, 1.82) is 0 Å². The van der Waals surface area contributed by atoms with E-state index in [0.717, 1.165) is 22.4 Å². The van der Waals surface area contributed by atoms with Gasteiger partial charge >= 0.3 is 0 Å². The molecule has 5 rings (SSSR count). The van der Waals surface area contributed by atoms with Crippen molar-refractivity contribution in [3.05, 3.63) is 72.3 Å². The van der Waals surface area contributed by atoms with Crippen molar-refractivity contribution in [2.24, 2.45) is 5.92 Å². The minimum atomic E-state index is -0.0940. The van der Waals surface area contributed by atoms with Crippen molar-refractivity contribution in [1.82, 2.24) is 20.2 Å². The SMILES string of the molecule is O=C(NCc1ccc2c(c1)OCO2)C1CCN(C(=O)c2ccc(-c3cncnc3)cc2)CC1. The lowest BCUT2D eigenvalue weighted by Gasteiger charge is -2.31. The van der Waals surface area contributed by atoms with Gasteiger partial charge in [-0.25, -0.2) is 9.97 Å². The van der Waals surface area contributed by atoms with Crippen LogP contribution in [-0.4, -0.2) is 46.6 Å². The van der Waals surface area contributed by atoms with Crippen LogP contribution in [0.3, 0.4) is 0 Å². The standard InChI is InChI=1S/C25H24N4O4/c30-24(28-12-17-1-6-22-23(11-17)33-16-32-22)19-7-9-29(10-8-19)25(31)20-4-2-18(3-5-20)21-13-26-15-27-14-21/h1-6,11,13-15,19H,7-10,12,16H2,(H,28,30). The molecule has 2 aliphatic rings. The number of aromatic nitrogens is 2. The van der Waals surface area contributed by atoms with E-state index in [9.17, 15) is 9.59 Å². The molecule has 3 heterocycles. The van der Waals surface area contributed by atoms with E-state index in [2.05, 4.69) is 15.3 Å². The molecular formula is C25H24N4O4. The first-order valence-corrected chi connectivity index (χ1v) is 11.0. The number of fused-ring (bicyclic) bond motifs is 1. The highest BCUT2D eigenvalue weighted by atomic mass is 16.7. The Morgan fingerprint density at radius 3 is 2.42 bits per heavy atom. The molecule has 8 nitrogen and oxygen atoms in total. The van der Waals surface area contributed by atoms with E-state index in [1.165, 1.54) is 6.33 Å². The Balaban J connectivity index is 1.12. The zero-order valence-corrected chi connectivity index (χ0v) is 18.1. The third-order valence-electron chi connectivity index (χ3n) is 6.08. The lowest BCUT2D eigenvalue weighted by molar-refractivity contribution is -0.126. The second kappa shape index (κ2) is 9.28. The van der Waals surface area contributed by atoms with Crippen LogP contribution in [-0.2, 0) is 11.3 Å². The minimum absolute atomic E-state index is 0.00919. The monoisotopic (exact) mass is 444 g/mol. The first-order valence-electron chi connectivity index (χ1n) is 11.0. The van der Waals surface area contributed by atoms with Crippen LogP contribution in [0.25, 0.3) is 11.1 Å². The lowest BCUT2D eigenvalue weighted by Crippen LogP contribution is -2.42. The van der Waals surface area contributed by atoms with Crippen molar-refractivity contribution >= 4 is 11.8 Å². The van der Waals surface area contributed by atoms with E-state index in [4.69, 9.17) is 9.47 Å². The fourth-order valence-electron chi connectivity index (χ4n) is 4.17. The molecule has 3 aromatic rings. The first-order chi connectivity index (χ1) is 16.2. The van der Waals surface area contributed by atoms with E-state index in [1.807, 2.05) is 47.4 Å². The van der Waals surface area contributed by atoms with Crippen LogP contribution >= 0.6 is 0 Å². The van der Waals surface area contributed by atoms with Gasteiger partial charge in [-0.1, -0.05) is 18.2 Å². The van der Waals surface area contributed by atoms with Crippen molar-refractivity contribution in [3.8, 4) is 22.6 Å². The average Bonchev–Trinajstić information content (AvgIpc) is 3.35. The highest BCUT2D eigenvalue weighted by Gasteiger charge is 2.28. The summed E-state index contributed by atoms with van der Waals surface area (Å²) in [6, 6.07) is 13.1. The van der Waals surface area contributed by atoms with E-state index < -0.39 is 0 Å². The number of likely N-dealkylation sites (tertiary alicyclic amines) is 1. The average molecular weight is 444 g/mol. The topological polar surface area (TPSA) is 93.7 Å². The van der Waals surface area contributed by atoms with Crippen LogP contribution in [0.2, 0.25) is 0 Å². The zero-order chi connectivity index (χ0) is 22.6. The number of benzene rings is 2. The van der Waals surface area contributed by atoms with Crippen molar-refractivity contribution in [2.75, 3.05) is 19.9 Å². The molecule has 2 aliphatic heterocycles. The van der Waals surface area contributed by atoms with Crippen LogP contribution in [0.5, 0.6) is 11.5 Å². The summed E-state index contributed by atoms with van der Waals surface area (Å²) < 4.78 is 10.7. The molecule has 8 heteroatoms.